The van der Waals surface area contributed by atoms with E-state index in [9.17, 15) is 0 Å². The van der Waals surface area contributed by atoms with E-state index in [1.54, 1.807) is 0 Å². The minimum Gasteiger partial charge on any atom is -0.380 e. The summed E-state index contributed by atoms with van der Waals surface area (Å²) in [7, 11) is 0. The van der Waals surface area contributed by atoms with Crippen LogP contribution in [0.4, 0.5) is 11.4 Å². The maximum absolute atomic E-state index is 3.62. The second kappa shape index (κ2) is 5.38. The van der Waals surface area contributed by atoms with Crippen LogP contribution in [0.3, 0.4) is 0 Å². The molecule has 4 rings (SSSR count). The van der Waals surface area contributed by atoms with Gasteiger partial charge in [0.15, 0.2) is 0 Å². The fraction of sp³-hybridized carbons (Fsp3) is 0.200. The monoisotopic (exact) mass is 288 g/mol. The van der Waals surface area contributed by atoms with Gasteiger partial charge in [0.1, 0.15) is 0 Å². The van der Waals surface area contributed by atoms with Gasteiger partial charge < -0.3 is 10.6 Å². The van der Waals surface area contributed by atoms with E-state index in [0.29, 0.717) is 6.04 Å². The summed E-state index contributed by atoms with van der Waals surface area (Å²) in [4.78, 5) is 0. The molecule has 0 spiro atoms. The number of hydrogen-bond donors (Lipinski definition) is 2. The zero-order chi connectivity index (χ0) is 14.9. The molecule has 2 N–H and O–H groups in total. The van der Waals surface area contributed by atoms with Gasteiger partial charge in [-0.25, -0.2) is 0 Å². The van der Waals surface area contributed by atoms with Crippen molar-refractivity contribution >= 4 is 22.5 Å². The molecule has 0 bridgehead atoms. The van der Waals surface area contributed by atoms with Crippen molar-refractivity contribution in [1.29, 1.82) is 0 Å². The quantitative estimate of drug-likeness (QED) is 0.830. The Labute approximate surface area is 131 Å². The van der Waals surface area contributed by atoms with Gasteiger partial charge in [0, 0.05) is 29.0 Å². The van der Waals surface area contributed by atoms with E-state index in [1.807, 2.05) is 0 Å². The molecule has 2 heterocycles. The first kappa shape index (κ1) is 13.2. The molecule has 0 aliphatic carbocycles. The van der Waals surface area contributed by atoms with E-state index in [0.717, 1.165) is 13.0 Å². The average Bonchev–Trinajstić information content (AvgIpc) is 3.14. The van der Waals surface area contributed by atoms with Gasteiger partial charge in [-0.15, -0.1) is 0 Å². The lowest BCUT2D eigenvalue weighted by Gasteiger charge is -2.10. The molecule has 0 amide bonds. The summed E-state index contributed by atoms with van der Waals surface area (Å²) < 4.78 is 0. The summed E-state index contributed by atoms with van der Waals surface area (Å²) >= 11 is 0. The van der Waals surface area contributed by atoms with Gasteiger partial charge >= 0.3 is 0 Å². The van der Waals surface area contributed by atoms with Crippen molar-refractivity contribution in [2.75, 3.05) is 17.2 Å². The topological polar surface area (TPSA) is 24.1 Å². The third-order valence-corrected chi connectivity index (χ3v) is 4.56. The van der Waals surface area contributed by atoms with Crippen molar-refractivity contribution in [1.82, 2.24) is 0 Å². The van der Waals surface area contributed by atoms with E-state index < -0.39 is 0 Å². The Balaban J connectivity index is 1.73. The Morgan fingerprint density at radius 1 is 0.955 bits per heavy atom. The summed E-state index contributed by atoms with van der Waals surface area (Å²) in [6, 6.07) is 17.5. The molecule has 0 saturated carbocycles. The molecular weight excluding hydrogens is 268 g/mol. The Hall–Kier alpha value is -2.48. The number of benzene rings is 2. The van der Waals surface area contributed by atoms with Crippen molar-refractivity contribution in [2.45, 2.75) is 19.4 Å². The third-order valence-electron chi connectivity index (χ3n) is 4.56. The second-order valence-corrected chi connectivity index (χ2v) is 5.86. The number of nitrogens with one attached hydrogen (secondary N) is 2. The summed E-state index contributed by atoms with van der Waals surface area (Å²) in [5.41, 5.74) is 7.92. The molecule has 2 aliphatic rings. The minimum absolute atomic E-state index is 0.416. The first-order chi connectivity index (χ1) is 10.9. The average molecular weight is 288 g/mol. The van der Waals surface area contributed by atoms with Crippen molar-refractivity contribution in [3.05, 3.63) is 71.8 Å². The van der Waals surface area contributed by atoms with E-state index >= 15 is 0 Å². The van der Waals surface area contributed by atoms with Crippen LogP contribution in [0.1, 0.15) is 24.5 Å². The Bertz CT molecular complexity index is 771. The van der Waals surface area contributed by atoms with Gasteiger partial charge in [0.05, 0.1) is 6.04 Å². The predicted octanol–water partition coefficient (Wildman–Crippen LogP) is 4.78. The smallest absolute Gasteiger partial charge is 0.0518 e. The predicted molar refractivity (Wildman–Crippen MR) is 95.0 cm³/mol. The number of para-hydroxylation sites is 2. The highest BCUT2D eigenvalue weighted by molar-refractivity contribution is 5.90. The van der Waals surface area contributed by atoms with Gasteiger partial charge in [0.2, 0.25) is 0 Å². The second-order valence-electron chi connectivity index (χ2n) is 5.86. The highest BCUT2D eigenvalue weighted by Gasteiger charge is 2.23. The minimum atomic E-state index is 0.416. The van der Waals surface area contributed by atoms with Gasteiger partial charge in [-0.3, -0.25) is 0 Å². The molecule has 2 aromatic rings. The lowest BCUT2D eigenvalue weighted by Crippen LogP contribution is -2.12. The van der Waals surface area contributed by atoms with E-state index in [1.165, 1.54) is 33.6 Å². The maximum atomic E-state index is 3.62. The summed E-state index contributed by atoms with van der Waals surface area (Å²) in [5, 5.41) is 7.07. The highest BCUT2D eigenvalue weighted by atomic mass is 15.0. The van der Waals surface area contributed by atoms with Gasteiger partial charge in [0.25, 0.3) is 0 Å². The number of anilines is 2. The molecule has 1 atom stereocenters. The molecule has 2 aliphatic heterocycles. The van der Waals surface area contributed by atoms with E-state index in [-0.39, 0.29) is 0 Å². The van der Waals surface area contributed by atoms with E-state index in [4.69, 9.17) is 0 Å². The van der Waals surface area contributed by atoms with Crippen LogP contribution in [0.15, 0.2) is 60.7 Å². The normalized spacial score (nSPS) is 22.3. The van der Waals surface area contributed by atoms with Crippen LogP contribution >= 0.6 is 0 Å². The van der Waals surface area contributed by atoms with Crippen LogP contribution in [0.2, 0.25) is 0 Å². The van der Waals surface area contributed by atoms with Crippen LogP contribution < -0.4 is 10.6 Å². The van der Waals surface area contributed by atoms with Crippen LogP contribution in [-0.4, -0.2) is 12.6 Å². The first-order valence-corrected chi connectivity index (χ1v) is 7.97. The molecule has 22 heavy (non-hydrogen) atoms. The zero-order valence-corrected chi connectivity index (χ0v) is 12.8. The first-order valence-electron chi connectivity index (χ1n) is 7.97. The fourth-order valence-electron chi connectivity index (χ4n) is 3.38. The molecule has 2 heteroatoms. The number of allylic oxidation sites excluding steroid dienone is 2. The maximum Gasteiger partial charge on any atom is 0.0518 e. The van der Waals surface area contributed by atoms with Crippen molar-refractivity contribution in [3.8, 4) is 0 Å². The van der Waals surface area contributed by atoms with Crippen molar-refractivity contribution in [2.24, 2.45) is 0 Å². The molecule has 2 nitrogen and oxygen atoms in total. The standard InChI is InChI=1S/C20H20N2/c1-2-18-17(16-8-4-6-10-20(16)22-18)12-11-14-13-21-19-9-5-3-7-15(14)19/h3-12,18,21-22H,2,13H2,1H3/b14-11+,17-12-. The van der Waals surface area contributed by atoms with Gasteiger partial charge in [-0.1, -0.05) is 55.5 Å². The van der Waals surface area contributed by atoms with Gasteiger partial charge in [-0.2, -0.15) is 0 Å². The SMILES string of the molecule is CCC1Nc2ccccc2/C1=C/C=C1\CNc2ccccc21. The molecule has 0 aromatic heterocycles. The van der Waals surface area contributed by atoms with Crippen molar-refractivity contribution < 1.29 is 0 Å². The zero-order valence-electron chi connectivity index (χ0n) is 12.8. The van der Waals surface area contributed by atoms with Crippen LogP contribution in [-0.2, 0) is 0 Å². The number of rotatable bonds is 2. The molecule has 110 valence electrons. The number of hydrogen-bond acceptors (Lipinski definition) is 2. The molecule has 1 unspecified atom stereocenters. The summed E-state index contributed by atoms with van der Waals surface area (Å²) in [5.74, 6) is 0. The molecule has 0 fully saturated rings. The molecule has 2 aromatic carbocycles. The molecule has 0 saturated heterocycles. The molecule has 0 radical (unpaired) electrons. The van der Waals surface area contributed by atoms with Crippen LogP contribution in [0.25, 0.3) is 11.1 Å². The Kier molecular flexibility index (Phi) is 3.23. The summed E-state index contributed by atoms with van der Waals surface area (Å²) in [6.07, 6.45) is 5.67. The Morgan fingerprint density at radius 3 is 2.50 bits per heavy atom. The van der Waals surface area contributed by atoms with Crippen molar-refractivity contribution in [3.63, 3.8) is 0 Å². The van der Waals surface area contributed by atoms with E-state index in [2.05, 4.69) is 78.2 Å². The lowest BCUT2D eigenvalue weighted by molar-refractivity contribution is 0.870. The summed E-state index contributed by atoms with van der Waals surface area (Å²) in [6.45, 7) is 3.14. The number of fused-ring (bicyclic) bond motifs is 2. The largest absolute Gasteiger partial charge is 0.380 e. The Morgan fingerprint density at radius 2 is 1.68 bits per heavy atom. The lowest BCUT2D eigenvalue weighted by atomic mass is 9.99. The highest BCUT2D eigenvalue weighted by Crippen LogP contribution is 2.37. The fourth-order valence-corrected chi connectivity index (χ4v) is 3.38. The molecular formula is C20H20N2. The van der Waals surface area contributed by atoms with Gasteiger partial charge in [-0.05, 0) is 29.7 Å². The third kappa shape index (κ3) is 2.12. The van der Waals surface area contributed by atoms with Crippen LogP contribution in [0.5, 0.6) is 0 Å². The van der Waals surface area contributed by atoms with Crippen LogP contribution in [0, 0.1) is 0 Å².